The van der Waals surface area contributed by atoms with Gasteiger partial charge in [0.2, 0.25) is 5.91 Å². The SMILES string of the molecule is C#Cc1cccc(N(CC)C(=O)CC2(O)CCCC2)c1. The first-order chi connectivity index (χ1) is 9.58. The molecule has 3 heteroatoms. The molecule has 0 atom stereocenters. The molecule has 1 aliphatic carbocycles. The molecule has 0 aromatic heterocycles. The van der Waals surface area contributed by atoms with Crippen molar-refractivity contribution in [3.05, 3.63) is 29.8 Å². The number of benzene rings is 1. The van der Waals surface area contributed by atoms with Crippen molar-refractivity contribution in [2.24, 2.45) is 0 Å². The van der Waals surface area contributed by atoms with Crippen LogP contribution in [0.1, 0.15) is 44.6 Å². The monoisotopic (exact) mass is 271 g/mol. The molecule has 0 bridgehead atoms. The largest absolute Gasteiger partial charge is 0.389 e. The number of amides is 1. The molecule has 1 aromatic carbocycles. The van der Waals surface area contributed by atoms with Crippen LogP contribution >= 0.6 is 0 Å². The standard InChI is InChI=1S/C17H21NO2/c1-3-14-8-7-9-15(12-14)18(4-2)16(19)13-17(20)10-5-6-11-17/h1,7-9,12,20H,4-6,10-11,13H2,2H3. The Morgan fingerprint density at radius 2 is 2.15 bits per heavy atom. The molecule has 0 spiro atoms. The van der Waals surface area contributed by atoms with E-state index < -0.39 is 5.60 Å². The molecular weight excluding hydrogens is 250 g/mol. The van der Waals surface area contributed by atoms with Gasteiger partial charge in [0.15, 0.2) is 0 Å². The molecule has 2 rings (SSSR count). The van der Waals surface area contributed by atoms with Crippen molar-refractivity contribution in [2.45, 2.75) is 44.6 Å². The molecule has 106 valence electrons. The molecule has 0 heterocycles. The van der Waals surface area contributed by atoms with Crippen molar-refractivity contribution < 1.29 is 9.90 Å². The van der Waals surface area contributed by atoms with E-state index in [9.17, 15) is 9.90 Å². The first-order valence-electron chi connectivity index (χ1n) is 7.17. The van der Waals surface area contributed by atoms with Gasteiger partial charge < -0.3 is 10.0 Å². The third-order valence-corrected chi connectivity index (χ3v) is 3.96. The summed E-state index contributed by atoms with van der Waals surface area (Å²) in [4.78, 5) is 14.1. The van der Waals surface area contributed by atoms with E-state index in [-0.39, 0.29) is 12.3 Å². The van der Waals surface area contributed by atoms with E-state index in [4.69, 9.17) is 6.42 Å². The summed E-state index contributed by atoms with van der Waals surface area (Å²) in [5.41, 5.74) is 0.747. The average Bonchev–Trinajstić information content (AvgIpc) is 2.86. The summed E-state index contributed by atoms with van der Waals surface area (Å²) in [7, 11) is 0. The second-order valence-electron chi connectivity index (χ2n) is 5.44. The lowest BCUT2D eigenvalue weighted by Crippen LogP contribution is -2.38. The van der Waals surface area contributed by atoms with Gasteiger partial charge in [-0.05, 0) is 38.0 Å². The van der Waals surface area contributed by atoms with Crippen molar-refractivity contribution in [1.82, 2.24) is 0 Å². The minimum atomic E-state index is -0.811. The van der Waals surface area contributed by atoms with Crippen LogP contribution in [-0.4, -0.2) is 23.2 Å². The Bertz CT molecular complexity index is 524. The molecular formula is C17H21NO2. The van der Waals surface area contributed by atoms with E-state index in [2.05, 4.69) is 5.92 Å². The molecule has 1 amide bonds. The smallest absolute Gasteiger partial charge is 0.229 e. The average molecular weight is 271 g/mol. The zero-order valence-electron chi connectivity index (χ0n) is 11.9. The second kappa shape index (κ2) is 6.11. The van der Waals surface area contributed by atoms with Gasteiger partial charge in [0.25, 0.3) is 0 Å². The molecule has 0 saturated heterocycles. The highest BCUT2D eigenvalue weighted by molar-refractivity contribution is 5.94. The number of carbonyl (C=O) groups is 1. The predicted molar refractivity (Wildman–Crippen MR) is 80.4 cm³/mol. The molecule has 0 radical (unpaired) electrons. The van der Waals surface area contributed by atoms with Crippen molar-refractivity contribution >= 4 is 11.6 Å². The van der Waals surface area contributed by atoms with Crippen LogP contribution in [0.15, 0.2) is 24.3 Å². The number of rotatable bonds is 4. The Kier molecular flexibility index (Phi) is 4.46. The summed E-state index contributed by atoms with van der Waals surface area (Å²) in [5, 5.41) is 10.4. The Hall–Kier alpha value is -1.79. The van der Waals surface area contributed by atoms with Crippen LogP contribution in [0, 0.1) is 12.3 Å². The highest BCUT2D eigenvalue weighted by Gasteiger charge is 2.34. The normalized spacial score (nSPS) is 16.6. The minimum absolute atomic E-state index is 0.0360. The maximum absolute atomic E-state index is 12.4. The maximum atomic E-state index is 12.4. The zero-order chi connectivity index (χ0) is 14.6. The lowest BCUT2D eigenvalue weighted by molar-refractivity contribution is -0.123. The van der Waals surface area contributed by atoms with Crippen LogP contribution < -0.4 is 4.90 Å². The van der Waals surface area contributed by atoms with E-state index in [0.717, 1.165) is 36.9 Å². The molecule has 1 aliphatic rings. The fourth-order valence-electron chi connectivity index (χ4n) is 2.85. The second-order valence-corrected chi connectivity index (χ2v) is 5.44. The van der Waals surface area contributed by atoms with E-state index in [1.165, 1.54) is 0 Å². The van der Waals surface area contributed by atoms with Crippen LogP contribution in [0.3, 0.4) is 0 Å². The number of anilines is 1. The third kappa shape index (κ3) is 3.20. The van der Waals surface area contributed by atoms with Gasteiger partial charge >= 0.3 is 0 Å². The highest BCUT2D eigenvalue weighted by atomic mass is 16.3. The summed E-state index contributed by atoms with van der Waals surface area (Å²) in [6.45, 7) is 2.50. The fraction of sp³-hybridized carbons (Fsp3) is 0.471. The molecule has 20 heavy (non-hydrogen) atoms. The fourth-order valence-corrected chi connectivity index (χ4v) is 2.85. The number of carbonyl (C=O) groups excluding carboxylic acids is 1. The highest BCUT2D eigenvalue weighted by Crippen LogP contribution is 2.33. The van der Waals surface area contributed by atoms with E-state index >= 15 is 0 Å². The molecule has 1 fully saturated rings. The quantitative estimate of drug-likeness (QED) is 0.855. The van der Waals surface area contributed by atoms with Gasteiger partial charge in [-0.2, -0.15) is 0 Å². The predicted octanol–water partition coefficient (Wildman–Crippen LogP) is 2.72. The number of nitrogens with zero attached hydrogens (tertiary/aromatic N) is 1. The van der Waals surface area contributed by atoms with Gasteiger partial charge in [0, 0.05) is 17.8 Å². The lowest BCUT2D eigenvalue weighted by Gasteiger charge is -2.27. The van der Waals surface area contributed by atoms with Crippen LogP contribution in [0.4, 0.5) is 5.69 Å². The Morgan fingerprint density at radius 1 is 1.45 bits per heavy atom. The Labute approximate surface area is 120 Å². The van der Waals surface area contributed by atoms with Crippen LogP contribution in [0.25, 0.3) is 0 Å². The molecule has 3 nitrogen and oxygen atoms in total. The third-order valence-electron chi connectivity index (χ3n) is 3.96. The first kappa shape index (κ1) is 14.6. The van der Waals surface area contributed by atoms with Crippen LogP contribution in [0.2, 0.25) is 0 Å². The summed E-state index contributed by atoms with van der Waals surface area (Å²) < 4.78 is 0. The molecule has 1 aromatic rings. The van der Waals surface area contributed by atoms with Gasteiger partial charge in [0.1, 0.15) is 0 Å². The lowest BCUT2D eigenvalue weighted by atomic mass is 9.97. The molecule has 0 aliphatic heterocycles. The van der Waals surface area contributed by atoms with Gasteiger partial charge in [-0.15, -0.1) is 6.42 Å². The topological polar surface area (TPSA) is 40.5 Å². The molecule has 1 saturated carbocycles. The van der Waals surface area contributed by atoms with Gasteiger partial charge in [0.05, 0.1) is 12.0 Å². The maximum Gasteiger partial charge on any atom is 0.229 e. The summed E-state index contributed by atoms with van der Waals surface area (Å²) in [6, 6.07) is 7.40. The summed E-state index contributed by atoms with van der Waals surface area (Å²) >= 11 is 0. The van der Waals surface area contributed by atoms with Gasteiger partial charge in [-0.3, -0.25) is 4.79 Å². The zero-order valence-corrected chi connectivity index (χ0v) is 11.9. The van der Waals surface area contributed by atoms with Crippen LogP contribution in [0.5, 0.6) is 0 Å². The Morgan fingerprint density at radius 3 is 2.75 bits per heavy atom. The van der Waals surface area contributed by atoms with Crippen LogP contribution in [-0.2, 0) is 4.79 Å². The number of hydrogen-bond donors (Lipinski definition) is 1. The molecule has 1 N–H and O–H groups in total. The first-order valence-corrected chi connectivity index (χ1v) is 7.17. The van der Waals surface area contributed by atoms with E-state index in [1.807, 2.05) is 31.2 Å². The Balaban J connectivity index is 2.14. The number of terminal acetylenes is 1. The van der Waals surface area contributed by atoms with E-state index in [1.54, 1.807) is 4.90 Å². The van der Waals surface area contributed by atoms with Crippen molar-refractivity contribution in [3.63, 3.8) is 0 Å². The number of hydrogen-bond acceptors (Lipinski definition) is 2. The number of aliphatic hydroxyl groups is 1. The molecule has 0 unspecified atom stereocenters. The summed E-state index contributed by atoms with van der Waals surface area (Å²) in [5.74, 6) is 2.54. The van der Waals surface area contributed by atoms with Crippen molar-refractivity contribution in [1.29, 1.82) is 0 Å². The van der Waals surface area contributed by atoms with E-state index in [0.29, 0.717) is 6.54 Å². The van der Waals surface area contributed by atoms with Crippen molar-refractivity contribution in [2.75, 3.05) is 11.4 Å². The van der Waals surface area contributed by atoms with Gasteiger partial charge in [-0.25, -0.2) is 0 Å². The minimum Gasteiger partial charge on any atom is -0.389 e. The van der Waals surface area contributed by atoms with Crippen molar-refractivity contribution in [3.8, 4) is 12.3 Å². The van der Waals surface area contributed by atoms with Gasteiger partial charge in [-0.1, -0.05) is 24.8 Å². The summed E-state index contributed by atoms with van der Waals surface area (Å²) in [6.07, 6.45) is 9.04.